The van der Waals surface area contributed by atoms with Gasteiger partial charge in [-0.25, -0.2) is 0 Å². The van der Waals surface area contributed by atoms with Gasteiger partial charge < -0.3 is 5.11 Å². The van der Waals surface area contributed by atoms with Gasteiger partial charge in [-0.15, -0.1) is 0 Å². The van der Waals surface area contributed by atoms with Crippen LogP contribution in [0.4, 0.5) is 0 Å². The topological polar surface area (TPSA) is 20.2 Å². The maximum atomic E-state index is 9.87. The third-order valence-corrected chi connectivity index (χ3v) is 4.68. The van der Waals surface area contributed by atoms with Crippen molar-refractivity contribution in [1.29, 1.82) is 0 Å². The maximum absolute atomic E-state index is 9.87. The van der Waals surface area contributed by atoms with Crippen molar-refractivity contribution in [3.63, 3.8) is 0 Å². The Kier molecular flexibility index (Phi) is 1.18. The van der Waals surface area contributed by atoms with Crippen molar-refractivity contribution in [1.82, 2.24) is 0 Å². The van der Waals surface area contributed by atoms with Gasteiger partial charge >= 0.3 is 0 Å². The molecule has 0 saturated heterocycles. The zero-order valence-electron chi connectivity index (χ0n) is 8.06. The summed E-state index contributed by atoms with van der Waals surface area (Å²) in [5.41, 5.74) is 3.11. The van der Waals surface area contributed by atoms with Gasteiger partial charge in [0.15, 0.2) is 0 Å². The molecule has 1 heteroatoms. The minimum absolute atomic E-state index is 0.00499. The summed E-state index contributed by atoms with van der Waals surface area (Å²) < 4.78 is 0. The minimum atomic E-state index is -0.00499. The number of aliphatic hydroxyl groups is 1. The van der Waals surface area contributed by atoms with Crippen molar-refractivity contribution < 1.29 is 5.11 Å². The molecule has 2 saturated carbocycles. The summed E-state index contributed by atoms with van der Waals surface area (Å²) in [4.78, 5) is 0. The summed E-state index contributed by atoms with van der Waals surface area (Å²) in [6.45, 7) is 0. The lowest BCUT2D eigenvalue weighted by Crippen LogP contribution is -2.35. The fourth-order valence-electron chi connectivity index (χ4n) is 4.22. The van der Waals surface area contributed by atoms with Gasteiger partial charge in [0, 0.05) is 0 Å². The van der Waals surface area contributed by atoms with E-state index < -0.39 is 0 Å². The van der Waals surface area contributed by atoms with Crippen LogP contribution in [0.1, 0.15) is 35.8 Å². The molecule has 0 spiro atoms. The Morgan fingerprint density at radius 3 is 2.50 bits per heavy atom. The van der Waals surface area contributed by atoms with E-state index in [4.69, 9.17) is 0 Å². The molecular formula is C13H14O. The van der Waals surface area contributed by atoms with E-state index >= 15 is 0 Å². The molecule has 0 heterocycles. The molecule has 1 aromatic carbocycles. The molecule has 0 unspecified atom stereocenters. The maximum Gasteiger partial charge on any atom is 0.0577 e. The molecule has 1 aromatic rings. The number of benzene rings is 1. The second-order valence-electron chi connectivity index (χ2n) is 5.14. The number of aliphatic hydroxyl groups excluding tert-OH is 1. The van der Waals surface area contributed by atoms with Crippen LogP contribution < -0.4 is 0 Å². The fourth-order valence-corrected chi connectivity index (χ4v) is 4.22. The molecule has 0 aromatic heterocycles. The highest BCUT2D eigenvalue weighted by atomic mass is 16.3. The first kappa shape index (κ1) is 7.47. The summed E-state index contributed by atoms with van der Waals surface area (Å²) in [6.07, 6.45) is 2.32. The lowest BCUT2D eigenvalue weighted by molar-refractivity contribution is 0.0847. The molecular weight excluding hydrogens is 172 g/mol. The SMILES string of the molecule is O[C@@H]1C[C@H]2C[C@H]1[C@@H]1c3ccccc3[C@H]21. The standard InChI is InChI=1S/C13H14O/c14-11-6-7-5-10(11)13-9-4-2-1-3-8(9)12(7)13/h1-4,7,10-14H,5-6H2/t7-,10-,11-,12+,13+/m1/s1. The van der Waals surface area contributed by atoms with Gasteiger partial charge in [0.25, 0.3) is 0 Å². The van der Waals surface area contributed by atoms with Crippen molar-refractivity contribution in [2.24, 2.45) is 11.8 Å². The van der Waals surface area contributed by atoms with Gasteiger partial charge in [0.05, 0.1) is 6.10 Å². The average Bonchev–Trinajstić information content (AvgIpc) is 2.65. The molecule has 1 N–H and O–H groups in total. The Morgan fingerprint density at radius 2 is 1.71 bits per heavy atom. The van der Waals surface area contributed by atoms with Gasteiger partial charge in [0.2, 0.25) is 0 Å². The number of hydrogen-bond donors (Lipinski definition) is 1. The predicted molar refractivity (Wildman–Crippen MR) is 54.1 cm³/mol. The smallest absolute Gasteiger partial charge is 0.0577 e. The number of hydrogen-bond acceptors (Lipinski definition) is 1. The van der Waals surface area contributed by atoms with E-state index in [-0.39, 0.29) is 6.10 Å². The van der Waals surface area contributed by atoms with Crippen LogP contribution in [-0.4, -0.2) is 11.2 Å². The third-order valence-electron chi connectivity index (χ3n) is 4.68. The van der Waals surface area contributed by atoms with E-state index in [0.717, 1.165) is 18.3 Å². The van der Waals surface area contributed by atoms with Crippen LogP contribution in [0.15, 0.2) is 24.3 Å². The average molecular weight is 186 g/mol. The van der Waals surface area contributed by atoms with Gasteiger partial charge in [-0.2, -0.15) is 0 Å². The van der Waals surface area contributed by atoms with E-state index in [1.165, 1.54) is 12.0 Å². The highest BCUT2D eigenvalue weighted by molar-refractivity contribution is 5.49. The lowest BCUT2D eigenvalue weighted by atomic mass is 9.61. The summed E-state index contributed by atoms with van der Waals surface area (Å²) in [7, 11) is 0. The lowest BCUT2D eigenvalue weighted by Gasteiger charge is -2.44. The van der Waals surface area contributed by atoms with Crippen LogP contribution in [0.3, 0.4) is 0 Å². The van der Waals surface area contributed by atoms with Crippen LogP contribution in [0, 0.1) is 11.8 Å². The third kappa shape index (κ3) is 0.651. The predicted octanol–water partition coefficient (Wildman–Crippen LogP) is 2.27. The Balaban J connectivity index is 1.85. The quantitative estimate of drug-likeness (QED) is 0.659. The molecule has 1 nitrogen and oxygen atoms in total. The monoisotopic (exact) mass is 186 g/mol. The molecule has 0 radical (unpaired) electrons. The Morgan fingerprint density at radius 1 is 1.00 bits per heavy atom. The van der Waals surface area contributed by atoms with E-state index in [9.17, 15) is 5.11 Å². The second kappa shape index (κ2) is 2.22. The molecule has 5 atom stereocenters. The Labute approximate surface area is 83.8 Å². The van der Waals surface area contributed by atoms with Crippen LogP contribution >= 0.6 is 0 Å². The van der Waals surface area contributed by atoms with Crippen molar-refractivity contribution >= 4 is 0 Å². The van der Waals surface area contributed by atoms with E-state index in [2.05, 4.69) is 24.3 Å². The van der Waals surface area contributed by atoms with Gasteiger partial charge in [-0.1, -0.05) is 24.3 Å². The number of rotatable bonds is 0. The molecule has 3 aliphatic carbocycles. The Hall–Kier alpha value is -0.820. The van der Waals surface area contributed by atoms with Gasteiger partial charge in [0.1, 0.15) is 0 Å². The van der Waals surface area contributed by atoms with E-state index in [0.29, 0.717) is 11.8 Å². The fraction of sp³-hybridized carbons (Fsp3) is 0.538. The normalized spacial score (nSPS) is 47.1. The molecule has 4 rings (SSSR count). The molecule has 2 fully saturated rings. The molecule has 3 aliphatic rings. The van der Waals surface area contributed by atoms with Gasteiger partial charge in [-0.05, 0) is 47.6 Å². The molecule has 2 bridgehead atoms. The van der Waals surface area contributed by atoms with Crippen LogP contribution in [0.2, 0.25) is 0 Å². The van der Waals surface area contributed by atoms with Crippen molar-refractivity contribution in [3.05, 3.63) is 35.4 Å². The second-order valence-corrected chi connectivity index (χ2v) is 5.14. The van der Waals surface area contributed by atoms with Crippen LogP contribution in [-0.2, 0) is 0 Å². The van der Waals surface area contributed by atoms with E-state index in [1.807, 2.05) is 0 Å². The summed E-state index contributed by atoms with van der Waals surface area (Å²) in [5, 5.41) is 9.87. The zero-order chi connectivity index (χ0) is 9.28. The van der Waals surface area contributed by atoms with Gasteiger partial charge in [-0.3, -0.25) is 0 Å². The van der Waals surface area contributed by atoms with Crippen molar-refractivity contribution in [2.75, 3.05) is 0 Å². The summed E-state index contributed by atoms with van der Waals surface area (Å²) >= 11 is 0. The first-order valence-corrected chi connectivity index (χ1v) is 5.63. The molecule has 0 amide bonds. The zero-order valence-corrected chi connectivity index (χ0v) is 8.06. The Bertz CT molecular complexity index is 398. The minimum Gasteiger partial charge on any atom is -0.393 e. The summed E-state index contributed by atoms with van der Waals surface area (Å²) in [5.74, 6) is 2.88. The first-order chi connectivity index (χ1) is 6.86. The number of fused-ring (bicyclic) bond motifs is 8. The van der Waals surface area contributed by atoms with Crippen molar-refractivity contribution in [3.8, 4) is 0 Å². The molecule has 0 aliphatic heterocycles. The highest BCUT2D eigenvalue weighted by Crippen LogP contribution is 2.67. The summed E-state index contributed by atoms with van der Waals surface area (Å²) in [6, 6.07) is 8.82. The largest absolute Gasteiger partial charge is 0.393 e. The molecule has 14 heavy (non-hydrogen) atoms. The highest BCUT2D eigenvalue weighted by Gasteiger charge is 2.58. The van der Waals surface area contributed by atoms with Crippen molar-refractivity contribution in [2.45, 2.75) is 30.8 Å². The van der Waals surface area contributed by atoms with E-state index in [1.54, 1.807) is 5.56 Å². The van der Waals surface area contributed by atoms with Crippen LogP contribution in [0.25, 0.3) is 0 Å². The first-order valence-electron chi connectivity index (χ1n) is 5.63. The van der Waals surface area contributed by atoms with Crippen LogP contribution in [0.5, 0.6) is 0 Å². The molecule has 72 valence electrons.